The number of hydrogen-bond acceptors (Lipinski definition) is 3. The molecule has 18 heavy (non-hydrogen) atoms. The molecule has 2 rings (SSSR count). The number of aromatic amines is 1. The largest absolute Gasteiger partial charge is 0.326 e. The molecule has 1 aromatic carbocycles. The van der Waals surface area contributed by atoms with Crippen LogP contribution in [-0.4, -0.2) is 16.5 Å². The summed E-state index contributed by atoms with van der Waals surface area (Å²) < 4.78 is 13.3. The maximum Gasteiger partial charge on any atom is 0.267 e. The molecule has 0 aliphatic rings. The van der Waals surface area contributed by atoms with Crippen LogP contribution in [0.3, 0.4) is 0 Å². The van der Waals surface area contributed by atoms with E-state index in [1.807, 2.05) is 11.8 Å². The number of nitrogens with zero attached hydrogens (tertiary/aromatic N) is 2. The zero-order valence-corrected chi connectivity index (χ0v) is 11.2. The van der Waals surface area contributed by atoms with Crippen molar-refractivity contribution >= 4 is 27.4 Å². The zero-order chi connectivity index (χ0) is 13.1. The van der Waals surface area contributed by atoms with Crippen LogP contribution in [0, 0.1) is 5.82 Å². The normalized spacial score (nSPS) is 10.4. The van der Waals surface area contributed by atoms with Crippen LogP contribution in [-0.2, 0) is 0 Å². The summed E-state index contributed by atoms with van der Waals surface area (Å²) in [7, 11) is 0. The van der Waals surface area contributed by atoms with Crippen LogP contribution in [0.5, 0.6) is 0 Å². The van der Waals surface area contributed by atoms with Crippen molar-refractivity contribution in [3.8, 4) is 0 Å². The number of benzene rings is 1. The summed E-state index contributed by atoms with van der Waals surface area (Å²) in [4.78, 5) is 20.0. The quantitative estimate of drug-likeness (QED) is 0.948. The fourth-order valence-electron chi connectivity index (χ4n) is 1.64. The summed E-state index contributed by atoms with van der Waals surface area (Å²) in [5, 5.41) is 0. The second-order valence-electron chi connectivity index (χ2n) is 3.59. The summed E-state index contributed by atoms with van der Waals surface area (Å²) in [6.07, 6.45) is 1.34. The molecule has 2 aromatic rings. The molecule has 1 heterocycles. The van der Waals surface area contributed by atoms with Gasteiger partial charge in [0.15, 0.2) is 5.82 Å². The van der Waals surface area contributed by atoms with Gasteiger partial charge in [-0.25, -0.2) is 9.37 Å². The van der Waals surface area contributed by atoms with Crippen molar-refractivity contribution < 1.29 is 4.39 Å². The van der Waals surface area contributed by atoms with Crippen molar-refractivity contribution in [3.63, 3.8) is 0 Å². The Morgan fingerprint density at radius 1 is 1.39 bits per heavy atom. The number of anilines is 2. The van der Waals surface area contributed by atoms with Gasteiger partial charge >= 0.3 is 0 Å². The molecular weight excluding hydrogens is 301 g/mol. The van der Waals surface area contributed by atoms with Crippen molar-refractivity contribution in [1.29, 1.82) is 0 Å². The molecule has 0 aliphatic heterocycles. The highest BCUT2D eigenvalue weighted by atomic mass is 79.9. The molecule has 0 amide bonds. The van der Waals surface area contributed by atoms with E-state index in [0.717, 1.165) is 5.69 Å². The van der Waals surface area contributed by atoms with Gasteiger partial charge in [0.1, 0.15) is 10.3 Å². The SMILES string of the molecule is CCN(c1ccc(F)cc1)c1nc[nH]c(=O)c1Br. The van der Waals surface area contributed by atoms with Gasteiger partial charge < -0.3 is 9.88 Å². The van der Waals surface area contributed by atoms with E-state index in [-0.39, 0.29) is 11.4 Å². The van der Waals surface area contributed by atoms with Crippen molar-refractivity contribution in [3.05, 3.63) is 51.2 Å². The minimum absolute atomic E-state index is 0.249. The van der Waals surface area contributed by atoms with Gasteiger partial charge in [-0.1, -0.05) is 0 Å². The van der Waals surface area contributed by atoms with E-state index in [2.05, 4.69) is 25.9 Å². The fourth-order valence-corrected chi connectivity index (χ4v) is 2.07. The van der Waals surface area contributed by atoms with Crippen molar-refractivity contribution in [2.45, 2.75) is 6.92 Å². The van der Waals surface area contributed by atoms with Crippen molar-refractivity contribution in [1.82, 2.24) is 9.97 Å². The Hall–Kier alpha value is -1.69. The molecule has 4 nitrogen and oxygen atoms in total. The molecule has 0 radical (unpaired) electrons. The maximum atomic E-state index is 12.9. The highest BCUT2D eigenvalue weighted by Crippen LogP contribution is 2.27. The van der Waals surface area contributed by atoms with Gasteiger partial charge in [0.25, 0.3) is 5.56 Å². The summed E-state index contributed by atoms with van der Waals surface area (Å²) in [6.45, 7) is 2.54. The molecule has 0 aliphatic carbocycles. The lowest BCUT2D eigenvalue weighted by atomic mass is 10.2. The summed E-state index contributed by atoms with van der Waals surface area (Å²) >= 11 is 3.21. The van der Waals surface area contributed by atoms with E-state index in [4.69, 9.17) is 0 Å². The van der Waals surface area contributed by atoms with Crippen molar-refractivity contribution in [2.24, 2.45) is 0 Å². The lowest BCUT2D eigenvalue weighted by Crippen LogP contribution is -2.21. The van der Waals surface area contributed by atoms with Gasteiger partial charge in [-0.3, -0.25) is 4.79 Å². The first-order chi connectivity index (χ1) is 8.63. The first kappa shape index (κ1) is 12.8. The zero-order valence-electron chi connectivity index (χ0n) is 9.65. The number of aromatic nitrogens is 2. The van der Waals surface area contributed by atoms with Gasteiger partial charge in [-0.2, -0.15) is 0 Å². The number of nitrogens with one attached hydrogen (secondary N) is 1. The number of rotatable bonds is 3. The van der Waals surface area contributed by atoms with E-state index in [1.54, 1.807) is 12.1 Å². The molecule has 0 atom stereocenters. The molecule has 0 saturated carbocycles. The second kappa shape index (κ2) is 5.30. The average Bonchev–Trinajstić information content (AvgIpc) is 2.37. The summed E-state index contributed by atoms with van der Waals surface area (Å²) in [5.41, 5.74) is 0.526. The molecule has 0 fully saturated rings. The van der Waals surface area contributed by atoms with E-state index >= 15 is 0 Å². The summed E-state index contributed by atoms with van der Waals surface area (Å²) in [5.74, 6) is 0.209. The Kier molecular flexibility index (Phi) is 3.76. The van der Waals surface area contributed by atoms with Crippen LogP contribution in [0.2, 0.25) is 0 Å². The number of halogens is 2. The van der Waals surface area contributed by atoms with E-state index in [0.29, 0.717) is 16.8 Å². The minimum Gasteiger partial charge on any atom is -0.326 e. The number of H-pyrrole nitrogens is 1. The smallest absolute Gasteiger partial charge is 0.267 e. The highest BCUT2D eigenvalue weighted by Gasteiger charge is 2.14. The molecule has 1 N–H and O–H groups in total. The molecule has 6 heteroatoms. The lowest BCUT2D eigenvalue weighted by Gasteiger charge is -2.22. The van der Waals surface area contributed by atoms with Crippen LogP contribution in [0.4, 0.5) is 15.9 Å². The van der Waals surface area contributed by atoms with Crippen LogP contribution in [0.15, 0.2) is 39.9 Å². The Labute approximate surface area is 112 Å². The first-order valence-corrected chi connectivity index (χ1v) is 6.19. The Morgan fingerprint density at radius 2 is 2.06 bits per heavy atom. The summed E-state index contributed by atoms with van der Waals surface area (Å²) in [6, 6.07) is 6.04. The number of hydrogen-bond donors (Lipinski definition) is 1. The van der Waals surface area contributed by atoms with Gasteiger partial charge in [0, 0.05) is 12.2 Å². The van der Waals surface area contributed by atoms with Gasteiger partial charge in [0.2, 0.25) is 0 Å². The molecule has 0 unspecified atom stereocenters. The van der Waals surface area contributed by atoms with Crippen LogP contribution >= 0.6 is 15.9 Å². The molecule has 1 aromatic heterocycles. The van der Waals surface area contributed by atoms with Gasteiger partial charge in [-0.05, 0) is 47.1 Å². The highest BCUT2D eigenvalue weighted by molar-refractivity contribution is 9.10. The maximum absolute atomic E-state index is 12.9. The van der Waals surface area contributed by atoms with Crippen LogP contribution < -0.4 is 10.5 Å². The Bertz CT molecular complexity index is 597. The first-order valence-electron chi connectivity index (χ1n) is 5.39. The van der Waals surface area contributed by atoms with Crippen LogP contribution in [0.25, 0.3) is 0 Å². The predicted molar refractivity (Wildman–Crippen MR) is 71.6 cm³/mol. The van der Waals surface area contributed by atoms with Crippen molar-refractivity contribution in [2.75, 3.05) is 11.4 Å². The molecule has 0 saturated heterocycles. The molecular formula is C12H11BrFN3O. The van der Waals surface area contributed by atoms with Gasteiger partial charge in [0.05, 0.1) is 6.33 Å². The van der Waals surface area contributed by atoms with E-state index in [1.165, 1.54) is 18.5 Å². The Morgan fingerprint density at radius 3 is 2.67 bits per heavy atom. The third-order valence-electron chi connectivity index (χ3n) is 2.49. The second-order valence-corrected chi connectivity index (χ2v) is 4.38. The van der Waals surface area contributed by atoms with E-state index in [9.17, 15) is 9.18 Å². The average molecular weight is 312 g/mol. The van der Waals surface area contributed by atoms with Gasteiger partial charge in [-0.15, -0.1) is 0 Å². The lowest BCUT2D eigenvalue weighted by molar-refractivity contribution is 0.627. The third-order valence-corrected chi connectivity index (χ3v) is 3.20. The predicted octanol–water partition coefficient (Wildman–Crippen LogP) is 2.83. The minimum atomic E-state index is -0.298. The standard InChI is InChI=1S/C12H11BrFN3O/c1-2-17(9-5-3-8(14)4-6-9)11-10(13)12(18)16-7-15-11/h3-7H,2H2,1H3,(H,15,16,18). The molecule has 94 valence electrons. The monoisotopic (exact) mass is 311 g/mol. The topological polar surface area (TPSA) is 49.0 Å². The van der Waals surface area contributed by atoms with E-state index < -0.39 is 0 Å². The third kappa shape index (κ3) is 2.43. The molecule has 0 bridgehead atoms. The fraction of sp³-hybridized carbons (Fsp3) is 0.167. The molecule has 0 spiro atoms. The van der Waals surface area contributed by atoms with Crippen LogP contribution in [0.1, 0.15) is 6.92 Å². The Balaban J connectivity index is 2.48.